The van der Waals surface area contributed by atoms with Crippen LogP contribution in [0.2, 0.25) is 0 Å². The van der Waals surface area contributed by atoms with Gasteiger partial charge < -0.3 is 20.0 Å². The van der Waals surface area contributed by atoms with Crippen molar-refractivity contribution in [3.8, 4) is 22.8 Å². The van der Waals surface area contributed by atoms with Crippen LogP contribution in [0.1, 0.15) is 33.6 Å². The molecule has 0 saturated carbocycles. The second-order valence-corrected chi connectivity index (χ2v) is 9.78. The number of amides is 1. The number of carboxylic acids is 1. The van der Waals surface area contributed by atoms with Crippen molar-refractivity contribution in [3.05, 3.63) is 107 Å². The largest absolute Gasteiger partial charge is 1.00 e. The third kappa shape index (κ3) is 8.33. The van der Waals surface area contributed by atoms with Gasteiger partial charge >= 0.3 is 18.9 Å². The first kappa shape index (κ1) is 30.7. The van der Waals surface area contributed by atoms with Crippen molar-refractivity contribution in [1.29, 1.82) is 0 Å². The van der Waals surface area contributed by atoms with Crippen molar-refractivity contribution < 1.29 is 38.3 Å². The second-order valence-electron chi connectivity index (χ2n) is 8.79. The maximum Gasteiger partial charge on any atom is 1.00 e. The Morgan fingerprint density at radius 1 is 0.950 bits per heavy atom. The molecule has 3 aromatic carbocycles. The third-order valence-corrected chi connectivity index (χ3v) is 6.64. The van der Waals surface area contributed by atoms with Crippen molar-refractivity contribution in [3.63, 3.8) is 0 Å². The van der Waals surface area contributed by atoms with E-state index in [1.807, 2.05) is 92.1 Å². The molecule has 0 saturated heterocycles. The zero-order chi connectivity index (χ0) is 27.6. The minimum atomic E-state index is -1.30. The first-order valence-electron chi connectivity index (χ1n) is 12.4. The fraction of sp³-hybridized carbons (Fsp3) is 0.161. The molecule has 0 unspecified atom stereocenters. The summed E-state index contributed by atoms with van der Waals surface area (Å²) in [5.74, 6) is -0.0917. The Kier molecular flexibility index (Phi) is 11.6. The third-order valence-electron chi connectivity index (χ3n) is 6.00. The fourth-order valence-electron chi connectivity index (χ4n) is 3.95. The van der Waals surface area contributed by atoms with E-state index in [1.165, 1.54) is 11.8 Å². The predicted molar refractivity (Wildman–Crippen MR) is 153 cm³/mol. The summed E-state index contributed by atoms with van der Waals surface area (Å²) in [6.45, 7) is 1.97. The number of carbonyl (C=O) groups is 2. The Balaban J connectivity index is 0.00000441. The molecule has 1 amide bonds. The zero-order valence-electron chi connectivity index (χ0n) is 22.7. The van der Waals surface area contributed by atoms with Gasteiger partial charge in [0.05, 0.1) is 17.7 Å². The molecular formula is C31H28LiN3O4S. The van der Waals surface area contributed by atoms with Gasteiger partial charge in [-0.3, -0.25) is 4.79 Å². The van der Waals surface area contributed by atoms with E-state index in [4.69, 9.17) is 4.74 Å². The summed E-state index contributed by atoms with van der Waals surface area (Å²) in [6, 6.07) is 25.0. The monoisotopic (exact) mass is 545 g/mol. The van der Waals surface area contributed by atoms with E-state index < -0.39 is 17.9 Å². The van der Waals surface area contributed by atoms with Gasteiger partial charge in [-0.1, -0.05) is 54.6 Å². The van der Waals surface area contributed by atoms with Gasteiger partial charge in [0, 0.05) is 11.6 Å². The van der Waals surface area contributed by atoms with Crippen molar-refractivity contribution in [1.82, 2.24) is 15.5 Å². The van der Waals surface area contributed by atoms with Crippen LogP contribution >= 0.6 is 11.8 Å². The molecule has 0 spiro atoms. The van der Waals surface area contributed by atoms with Crippen LogP contribution in [0.15, 0.2) is 84.9 Å². The van der Waals surface area contributed by atoms with E-state index in [-0.39, 0.29) is 25.3 Å². The molecule has 0 aliphatic heterocycles. The van der Waals surface area contributed by atoms with Gasteiger partial charge in [-0.05, 0) is 84.0 Å². The normalized spacial score (nSPS) is 11.4. The van der Waals surface area contributed by atoms with Crippen LogP contribution in [-0.2, 0) is 4.79 Å². The number of hydrogen-bond acceptors (Lipinski definition) is 7. The molecule has 7 nitrogen and oxygen atoms in total. The zero-order valence-corrected chi connectivity index (χ0v) is 23.5. The van der Waals surface area contributed by atoms with Crippen LogP contribution in [0, 0.1) is 6.92 Å². The minimum Gasteiger partial charge on any atom is -0.548 e. The van der Waals surface area contributed by atoms with Gasteiger partial charge in [0.2, 0.25) is 5.88 Å². The second kappa shape index (κ2) is 15.1. The minimum absolute atomic E-state index is 0. The van der Waals surface area contributed by atoms with Gasteiger partial charge in [0.25, 0.3) is 5.91 Å². The molecular weight excluding hydrogens is 517 g/mol. The average molecular weight is 546 g/mol. The number of ether oxygens (including phenoxy) is 1. The van der Waals surface area contributed by atoms with Gasteiger partial charge in [-0.25, -0.2) is 0 Å². The molecule has 0 aliphatic carbocycles. The number of benzene rings is 3. The smallest absolute Gasteiger partial charge is 0.548 e. The molecule has 0 fully saturated rings. The van der Waals surface area contributed by atoms with Crippen LogP contribution in [-0.4, -0.2) is 40.1 Å². The summed E-state index contributed by atoms with van der Waals surface area (Å²) in [5, 5.41) is 22.6. The summed E-state index contributed by atoms with van der Waals surface area (Å²) in [4.78, 5) is 24.8. The Hall–Kier alpha value is -3.83. The molecule has 0 bridgehead atoms. The maximum atomic E-state index is 13.2. The van der Waals surface area contributed by atoms with E-state index in [9.17, 15) is 14.7 Å². The number of carboxylic acid groups (broad SMARTS) is 1. The first-order chi connectivity index (χ1) is 18.9. The number of thioether (sulfide) groups is 1. The van der Waals surface area contributed by atoms with Crippen molar-refractivity contribution >= 4 is 35.8 Å². The summed E-state index contributed by atoms with van der Waals surface area (Å²) in [7, 11) is 0. The number of aliphatic carboxylic acids is 1. The van der Waals surface area contributed by atoms with E-state index in [1.54, 1.807) is 18.2 Å². The summed E-state index contributed by atoms with van der Waals surface area (Å²) >= 11 is 1.51. The number of nitrogens with zero attached hydrogens (tertiary/aromatic N) is 2. The molecule has 4 aromatic rings. The Morgan fingerprint density at radius 3 is 2.38 bits per heavy atom. The van der Waals surface area contributed by atoms with E-state index in [0.29, 0.717) is 34.2 Å². The topological polar surface area (TPSA) is 104 Å². The van der Waals surface area contributed by atoms with E-state index in [0.717, 1.165) is 16.7 Å². The molecule has 1 atom stereocenters. The summed E-state index contributed by atoms with van der Waals surface area (Å²) in [6.07, 6.45) is 5.87. The number of carbonyl (C=O) groups excluding carboxylic acids is 2. The number of nitrogens with one attached hydrogen (secondary N) is 1. The molecule has 0 aliphatic rings. The average Bonchev–Trinajstić information content (AvgIpc) is 2.95. The van der Waals surface area contributed by atoms with E-state index >= 15 is 0 Å². The van der Waals surface area contributed by atoms with Crippen molar-refractivity contribution in [2.75, 3.05) is 12.0 Å². The molecule has 0 radical (unpaired) electrons. The summed E-state index contributed by atoms with van der Waals surface area (Å²) in [5.41, 5.74) is 4.45. The maximum absolute atomic E-state index is 13.2. The molecule has 40 heavy (non-hydrogen) atoms. The molecule has 9 heteroatoms. The van der Waals surface area contributed by atoms with Crippen LogP contribution in [0.25, 0.3) is 23.3 Å². The first-order valence-corrected chi connectivity index (χ1v) is 13.8. The molecule has 1 aromatic heterocycles. The van der Waals surface area contributed by atoms with Gasteiger partial charge in [-0.15, -0.1) is 10.2 Å². The van der Waals surface area contributed by atoms with Gasteiger partial charge in [-0.2, -0.15) is 11.8 Å². The van der Waals surface area contributed by atoms with Crippen molar-refractivity contribution in [2.45, 2.75) is 19.4 Å². The SMILES string of the molecule is CSCC[C@H](NC(=O)c1ccc(C=Cc2ccc(Oc3ccccc3)nn2)cc1-c1ccccc1C)C(=O)[O-].[Li+]. The number of para-hydroxylation sites is 1. The predicted octanol–water partition coefficient (Wildman–Crippen LogP) is 2.02. The molecule has 198 valence electrons. The Labute approximate surface area is 250 Å². The number of rotatable bonds is 11. The fourth-order valence-corrected chi connectivity index (χ4v) is 4.42. The quantitative estimate of drug-likeness (QED) is 0.288. The van der Waals surface area contributed by atoms with Crippen LogP contribution in [0.4, 0.5) is 0 Å². The van der Waals surface area contributed by atoms with Crippen LogP contribution in [0.5, 0.6) is 11.6 Å². The summed E-state index contributed by atoms with van der Waals surface area (Å²) < 4.78 is 5.69. The van der Waals surface area contributed by atoms with Crippen LogP contribution < -0.4 is 34.0 Å². The number of hydrogen-bond donors (Lipinski definition) is 1. The Bertz CT molecular complexity index is 1460. The number of aryl methyl sites for hydroxylation is 1. The Morgan fingerprint density at radius 2 is 1.70 bits per heavy atom. The van der Waals surface area contributed by atoms with Crippen molar-refractivity contribution in [2.24, 2.45) is 0 Å². The van der Waals surface area contributed by atoms with Gasteiger partial charge in [0.1, 0.15) is 5.75 Å². The van der Waals surface area contributed by atoms with Gasteiger partial charge in [0.15, 0.2) is 0 Å². The van der Waals surface area contributed by atoms with E-state index in [2.05, 4.69) is 15.5 Å². The molecule has 1 heterocycles. The number of aromatic nitrogens is 2. The van der Waals surface area contributed by atoms with Crippen LogP contribution in [0.3, 0.4) is 0 Å². The standard InChI is InChI=1S/C31H29N3O4S.Li/c1-21-8-6-7-11-25(21)27-20-22(13-16-26(27)30(35)32-28(31(36)37)18-19-39-2)12-14-23-15-17-29(34-33-23)38-24-9-4-3-5-10-24;/h3-17,20,28H,18-19H2,1-2H3,(H,32,35)(H,36,37);/q;+1/p-1/t28-;/m0./s1. The molecule has 1 N–H and O–H groups in total. The molecule has 4 rings (SSSR count).